The molecule has 0 spiro atoms. The molecular weight excluding hydrogens is 242 g/mol. The van der Waals surface area contributed by atoms with Crippen molar-refractivity contribution in [3.63, 3.8) is 0 Å². The van der Waals surface area contributed by atoms with Gasteiger partial charge in [0, 0.05) is 31.2 Å². The second-order valence-corrected chi connectivity index (χ2v) is 3.69. The Labute approximate surface area is 91.9 Å². The Bertz CT molecular complexity index is 383. The van der Waals surface area contributed by atoms with Crippen molar-refractivity contribution in [2.24, 2.45) is 10.7 Å². The van der Waals surface area contributed by atoms with Gasteiger partial charge in [0.15, 0.2) is 0 Å². The maximum absolute atomic E-state index is 5.93. The van der Waals surface area contributed by atoms with Gasteiger partial charge in [-0.05, 0) is 34.5 Å². The standard InChI is InChI=1S/C10H12BrN3/c1-7-3-4-14-5-8(7)10(12)9(11)6-13-2/h3-6H,12H2,1-2H3. The predicted molar refractivity (Wildman–Crippen MR) is 63.4 cm³/mol. The van der Waals surface area contributed by atoms with Crippen molar-refractivity contribution in [2.75, 3.05) is 7.05 Å². The topological polar surface area (TPSA) is 51.3 Å². The number of pyridine rings is 1. The summed E-state index contributed by atoms with van der Waals surface area (Å²) >= 11 is 3.35. The molecule has 0 unspecified atom stereocenters. The zero-order chi connectivity index (χ0) is 10.6. The summed E-state index contributed by atoms with van der Waals surface area (Å²) in [7, 11) is 1.70. The monoisotopic (exact) mass is 253 g/mol. The average Bonchev–Trinajstić information content (AvgIpc) is 2.18. The fourth-order valence-electron chi connectivity index (χ4n) is 1.06. The lowest BCUT2D eigenvalue weighted by Crippen LogP contribution is -2.02. The number of nitrogens with two attached hydrogens (primary N) is 1. The van der Waals surface area contributed by atoms with Crippen LogP contribution in [0.25, 0.3) is 5.70 Å². The molecule has 0 aliphatic heterocycles. The van der Waals surface area contributed by atoms with Crippen LogP contribution >= 0.6 is 15.9 Å². The summed E-state index contributed by atoms with van der Waals surface area (Å²) < 4.78 is 0.774. The number of aliphatic imine (C=N–C) groups is 1. The molecule has 1 rings (SSSR count). The van der Waals surface area contributed by atoms with Gasteiger partial charge in [0.25, 0.3) is 0 Å². The van der Waals surface area contributed by atoms with Crippen molar-refractivity contribution in [1.29, 1.82) is 0 Å². The Hall–Kier alpha value is -1.16. The minimum Gasteiger partial charge on any atom is -0.397 e. The van der Waals surface area contributed by atoms with Crippen molar-refractivity contribution in [3.05, 3.63) is 34.1 Å². The first-order valence-electron chi connectivity index (χ1n) is 4.15. The van der Waals surface area contributed by atoms with Crippen LogP contribution in [0.4, 0.5) is 0 Å². The Morgan fingerprint density at radius 3 is 2.93 bits per heavy atom. The lowest BCUT2D eigenvalue weighted by atomic mass is 10.1. The van der Waals surface area contributed by atoms with Crippen molar-refractivity contribution >= 4 is 27.8 Å². The van der Waals surface area contributed by atoms with E-state index in [2.05, 4.69) is 25.9 Å². The third kappa shape index (κ3) is 2.42. The lowest BCUT2D eigenvalue weighted by molar-refractivity contribution is 1.25. The summed E-state index contributed by atoms with van der Waals surface area (Å²) in [5.74, 6) is 0. The third-order valence-corrected chi connectivity index (χ3v) is 2.46. The number of allylic oxidation sites excluding steroid dienone is 1. The first kappa shape index (κ1) is 10.9. The van der Waals surface area contributed by atoms with E-state index in [4.69, 9.17) is 5.73 Å². The van der Waals surface area contributed by atoms with Gasteiger partial charge in [-0.25, -0.2) is 0 Å². The third-order valence-electron chi connectivity index (χ3n) is 1.83. The number of rotatable bonds is 2. The highest BCUT2D eigenvalue weighted by Crippen LogP contribution is 2.18. The highest BCUT2D eigenvalue weighted by atomic mass is 79.9. The van der Waals surface area contributed by atoms with Gasteiger partial charge in [0.2, 0.25) is 0 Å². The molecular formula is C10H12BrN3. The summed E-state index contributed by atoms with van der Waals surface area (Å²) in [4.78, 5) is 7.91. The summed E-state index contributed by atoms with van der Waals surface area (Å²) in [6.45, 7) is 1.99. The predicted octanol–water partition coefficient (Wildman–Crippen LogP) is 2.11. The van der Waals surface area contributed by atoms with E-state index in [0.29, 0.717) is 5.70 Å². The molecule has 1 aromatic heterocycles. The van der Waals surface area contributed by atoms with Gasteiger partial charge in [-0.2, -0.15) is 0 Å². The second kappa shape index (κ2) is 4.91. The van der Waals surface area contributed by atoms with E-state index in [0.717, 1.165) is 15.6 Å². The molecule has 4 heteroatoms. The quantitative estimate of drug-likeness (QED) is 0.822. The Balaban J connectivity index is 3.18. The average molecular weight is 254 g/mol. The summed E-state index contributed by atoms with van der Waals surface area (Å²) in [5.41, 5.74) is 8.61. The minimum atomic E-state index is 0.654. The normalized spacial score (nSPS) is 13.1. The Morgan fingerprint density at radius 1 is 1.64 bits per heavy atom. The van der Waals surface area contributed by atoms with Crippen molar-refractivity contribution in [3.8, 4) is 0 Å². The van der Waals surface area contributed by atoms with E-state index in [1.54, 1.807) is 25.7 Å². The highest BCUT2D eigenvalue weighted by Gasteiger charge is 2.04. The highest BCUT2D eigenvalue weighted by molar-refractivity contribution is 9.12. The fourth-order valence-corrected chi connectivity index (χ4v) is 1.48. The molecule has 1 heterocycles. The van der Waals surface area contributed by atoms with Crippen LogP contribution in [-0.4, -0.2) is 18.2 Å². The molecule has 14 heavy (non-hydrogen) atoms. The van der Waals surface area contributed by atoms with Crippen LogP contribution in [-0.2, 0) is 0 Å². The number of hydrogen-bond acceptors (Lipinski definition) is 3. The van der Waals surface area contributed by atoms with Crippen LogP contribution in [0.1, 0.15) is 11.1 Å². The van der Waals surface area contributed by atoms with E-state index in [1.165, 1.54) is 0 Å². The van der Waals surface area contributed by atoms with E-state index < -0.39 is 0 Å². The van der Waals surface area contributed by atoms with Gasteiger partial charge in [-0.15, -0.1) is 0 Å². The van der Waals surface area contributed by atoms with Gasteiger partial charge < -0.3 is 5.73 Å². The van der Waals surface area contributed by atoms with Crippen LogP contribution < -0.4 is 5.73 Å². The van der Waals surface area contributed by atoms with E-state index in [9.17, 15) is 0 Å². The Kier molecular flexibility index (Phi) is 3.83. The molecule has 0 radical (unpaired) electrons. The van der Waals surface area contributed by atoms with Crippen LogP contribution in [0, 0.1) is 6.92 Å². The van der Waals surface area contributed by atoms with Crippen LogP contribution in [0.3, 0.4) is 0 Å². The van der Waals surface area contributed by atoms with Gasteiger partial charge in [-0.1, -0.05) is 0 Å². The molecule has 0 bridgehead atoms. The van der Waals surface area contributed by atoms with E-state index in [1.807, 2.05) is 13.0 Å². The first-order chi connectivity index (χ1) is 6.66. The van der Waals surface area contributed by atoms with Crippen LogP contribution in [0.2, 0.25) is 0 Å². The second-order valence-electron chi connectivity index (χ2n) is 2.84. The summed E-state index contributed by atoms with van der Waals surface area (Å²) in [6.07, 6.45) is 5.16. The maximum atomic E-state index is 5.93. The molecule has 0 saturated heterocycles. The van der Waals surface area contributed by atoms with Gasteiger partial charge in [0.05, 0.1) is 10.2 Å². The molecule has 3 nitrogen and oxygen atoms in total. The molecule has 0 aliphatic rings. The Morgan fingerprint density at radius 2 is 2.36 bits per heavy atom. The number of halogens is 1. The van der Waals surface area contributed by atoms with Crippen molar-refractivity contribution in [1.82, 2.24) is 4.98 Å². The molecule has 1 aromatic rings. The number of nitrogens with zero attached hydrogens (tertiary/aromatic N) is 2. The molecule has 2 N–H and O–H groups in total. The molecule has 0 amide bonds. The van der Waals surface area contributed by atoms with E-state index >= 15 is 0 Å². The van der Waals surface area contributed by atoms with E-state index in [-0.39, 0.29) is 0 Å². The molecule has 0 atom stereocenters. The van der Waals surface area contributed by atoms with Gasteiger partial charge in [-0.3, -0.25) is 9.98 Å². The molecule has 0 fully saturated rings. The lowest BCUT2D eigenvalue weighted by Gasteiger charge is -2.05. The van der Waals surface area contributed by atoms with Gasteiger partial charge >= 0.3 is 0 Å². The fraction of sp³-hybridized carbons (Fsp3) is 0.200. The molecule has 0 aromatic carbocycles. The number of hydrogen-bond donors (Lipinski definition) is 1. The molecule has 74 valence electrons. The molecule has 0 saturated carbocycles. The smallest absolute Gasteiger partial charge is 0.0589 e. The van der Waals surface area contributed by atoms with Crippen molar-refractivity contribution in [2.45, 2.75) is 6.92 Å². The minimum absolute atomic E-state index is 0.654. The summed E-state index contributed by atoms with van der Waals surface area (Å²) in [5, 5.41) is 0. The zero-order valence-electron chi connectivity index (χ0n) is 8.16. The molecule has 0 aliphatic carbocycles. The summed E-state index contributed by atoms with van der Waals surface area (Å²) in [6, 6.07) is 1.92. The van der Waals surface area contributed by atoms with Crippen molar-refractivity contribution < 1.29 is 0 Å². The number of aryl methyl sites for hydroxylation is 1. The largest absolute Gasteiger partial charge is 0.397 e. The van der Waals surface area contributed by atoms with Gasteiger partial charge in [0.1, 0.15) is 0 Å². The SMILES string of the molecule is CN=CC(Br)=C(N)c1cnccc1C. The number of aromatic nitrogens is 1. The van der Waals surface area contributed by atoms with Crippen LogP contribution in [0.15, 0.2) is 27.9 Å². The first-order valence-corrected chi connectivity index (χ1v) is 4.94. The maximum Gasteiger partial charge on any atom is 0.0589 e. The van der Waals surface area contributed by atoms with Crippen LogP contribution in [0.5, 0.6) is 0 Å². The zero-order valence-corrected chi connectivity index (χ0v) is 9.75.